The van der Waals surface area contributed by atoms with E-state index in [1.54, 1.807) is 10.8 Å². The highest BCUT2D eigenvalue weighted by Gasteiger charge is 2.16. The number of carbonyl (C=O) groups is 1. The van der Waals surface area contributed by atoms with Crippen LogP contribution in [0.3, 0.4) is 0 Å². The lowest BCUT2D eigenvalue weighted by Crippen LogP contribution is -2.30. The maximum atomic E-state index is 12.4. The lowest BCUT2D eigenvalue weighted by Gasteiger charge is -2.07. The molecule has 3 rings (SSSR count). The highest BCUT2D eigenvalue weighted by atomic mass is 16.1. The molecule has 5 nitrogen and oxygen atoms in total. The Labute approximate surface area is 164 Å². The summed E-state index contributed by atoms with van der Waals surface area (Å²) in [7, 11) is 0. The van der Waals surface area contributed by atoms with Crippen LogP contribution in [0.15, 0.2) is 66.4 Å². The van der Waals surface area contributed by atoms with Gasteiger partial charge in [0.1, 0.15) is 17.3 Å². The highest BCUT2D eigenvalue weighted by Crippen LogP contribution is 2.28. The largest absolute Gasteiger partial charge is 0.349 e. The number of amides is 1. The summed E-state index contributed by atoms with van der Waals surface area (Å²) in [6, 6.07) is 19.6. The number of hydrogen-bond acceptors (Lipinski definition) is 3. The number of para-hydroxylation sites is 1. The second-order valence-corrected chi connectivity index (χ2v) is 6.83. The standard InChI is InChI=1S/C23H22N4O/c1-16(2)25-23(28)18(14-24)13-19-15-27(20-10-5-4-6-11-20)26-22(19)21-12-8-7-9-17(21)3/h4-13,15-16H,1-3H3,(H,25,28)/b18-13+. The van der Waals surface area contributed by atoms with Crippen LogP contribution in [0.4, 0.5) is 0 Å². The minimum atomic E-state index is -0.388. The van der Waals surface area contributed by atoms with Gasteiger partial charge in [-0.15, -0.1) is 0 Å². The van der Waals surface area contributed by atoms with E-state index in [0.717, 1.165) is 22.5 Å². The summed E-state index contributed by atoms with van der Waals surface area (Å²) in [5, 5.41) is 17.0. The summed E-state index contributed by atoms with van der Waals surface area (Å²) in [5.74, 6) is -0.388. The Bertz CT molecular complexity index is 1060. The summed E-state index contributed by atoms with van der Waals surface area (Å²) in [6.45, 7) is 5.74. The van der Waals surface area contributed by atoms with Crippen molar-refractivity contribution in [1.29, 1.82) is 5.26 Å². The molecule has 0 aliphatic rings. The second-order valence-electron chi connectivity index (χ2n) is 6.83. The smallest absolute Gasteiger partial charge is 0.262 e. The van der Waals surface area contributed by atoms with Gasteiger partial charge in [0.05, 0.1) is 5.69 Å². The molecule has 3 aromatic rings. The number of nitrogens with one attached hydrogen (secondary N) is 1. The van der Waals surface area contributed by atoms with E-state index in [9.17, 15) is 10.1 Å². The van der Waals surface area contributed by atoms with Crippen molar-refractivity contribution in [3.05, 3.63) is 77.5 Å². The number of hydrogen-bond donors (Lipinski definition) is 1. The zero-order valence-corrected chi connectivity index (χ0v) is 16.2. The fourth-order valence-corrected chi connectivity index (χ4v) is 2.90. The van der Waals surface area contributed by atoms with Crippen LogP contribution >= 0.6 is 0 Å². The third kappa shape index (κ3) is 4.18. The number of nitriles is 1. The Hall–Kier alpha value is -3.65. The van der Waals surface area contributed by atoms with E-state index in [2.05, 4.69) is 5.32 Å². The molecular weight excluding hydrogens is 348 g/mol. The van der Waals surface area contributed by atoms with E-state index in [1.807, 2.05) is 87.6 Å². The van der Waals surface area contributed by atoms with Gasteiger partial charge < -0.3 is 5.32 Å². The van der Waals surface area contributed by atoms with Gasteiger partial charge in [0, 0.05) is 23.4 Å². The molecule has 0 aliphatic carbocycles. The molecule has 0 aliphatic heterocycles. The normalized spacial score (nSPS) is 11.3. The third-order valence-electron chi connectivity index (χ3n) is 4.25. The molecule has 0 saturated heterocycles. The highest BCUT2D eigenvalue weighted by molar-refractivity contribution is 6.02. The first kappa shape index (κ1) is 19.1. The maximum absolute atomic E-state index is 12.4. The van der Waals surface area contributed by atoms with Crippen molar-refractivity contribution in [3.8, 4) is 23.0 Å². The molecule has 1 heterocycles. The number of rotatable bonds is 5. The van der Waals surface area contributed by atoms with E-state index in [4.69, 9.17) is 5.10 Å². The van der Waals surface area contributed by atoms with Crippen LogP contribution in [-0.2, 0) is 4.79 Å². The Kier molecular flexibility index (Phi) is 5.71. The molecule has 0 radical (unpaired) electrons. The number of nitrogens with zero attached hydrogens (tertiary/aromatic N) is 3. The summed E-state index contributed by atoms with van der Waals surface area (Å²) >= 11 is 0. The quantitative estimate of drug-likeness (QED) is 0.538. The van der Waals surface area contributed by atoms with Crippen molar-refractivity contribution in [3.63, 3.8) is 0 Å². The predicted octanol–water partition coefficient (Wildman–Crippen LogP) is 4.28. The van der Waals surface area contributed by atoms with Gasteiger partial charge in [-0.05, 0) is 44.5 Å². The maximum Gasteiger partial charge on any atom is 0.262 e. The number of benzene rings is 2. The number of aromatic nitrogens is 2. The molecular formula is C23H22N4O. The fraction of sp³-hybridized carbons (Fsp3) is 0.174. The monoisotopic (exact) mass is 370 g/mol. The van der Waals surface area contributed by atoms with Gasteiger partial charge in [-0.2, -0.15) is 10.4 Å². The second kappa shape index (κ2) is 8.36. The molecule has 1 aromatic heterocycles. The molecule has 28 heavy (non-hydrogen) atoms. The van der Waals surface area contributed by atoms with Gasteiger partial charge in [-0.3, -0.25) is 4.79 Å². The first-order valence-corrected chi connectivity index (χ1v) is 9.13. The zero-order chi connectivity index (χ0) is 20.1. The molecule has 0 bridgehead atoms. The van der Waals surface area contributed by atoms with E-state index in [-0.39, 0.29) is 17.5 Å². The van der Waals surface area contributed by atoms with Crippen molar-refractivity contribution in [2.75, 3.05) is 0 Å². The van der Waals surface area contributed by atoms with Crippen LogP contribution in [0.2, 0.25) is 0 Å². The molecule has 140 valence electrons. The molecule has 1 N–H and O–H groups in total. The molecule has 0 spiro atoms. The number of aryl methyl sites for hydroxylation is 1. The van der Waals surface area contributed by atoms with Crippen molar-refractivity contribution in [2.24, 2.45) is 0 Å². The van der Waals surface area contributed by atoms with Crippen molar-refractivity contribution in [1.82, 2.24) is 15.1 Å². The van der Waals surface area contributed by atoms with Crippen LogP contribution < -0.4 is 5.32 Å². The van der Waals surface area contributed by atoms with Gasteiger partial charge in [0.2, 0.25) is 0 Å². The van der Waals surface area contributed by atoms with E-state index < -0.39 is 0 Å². The molecule has 0 fully saturated rings. The zero-order valence-electron chi connectivity index (χ0n) is 16.2. The Morgan fingerprint density at radius 2 is 1.82 bits per heavy atom. The lowest BCUT2D eigenvalue weighted by molar-refractivity contribution is -0.117. The van der Waals surface area contributed by atoms with Crippen LogP contribution in [0.25, 0.3) is 23.0 Å². The minimum Gasteiger partial charge on any atom is -0.349 e. The van der Waals surface area contributed by atoms with Gasteiger partial charge in [0.15, 0.2) is 0 Å². The summed E-state index contributed by atoms with van der Waals surface area (Å²) in [4.78, 5) is 12.4. The van der Waals surface area contributed by atoms with Gasteiger partial charge in [-0.1, -0.05) is 42.5 Å². The van der Waals surface area contributed by atoms with Crippen molar-refractivity contribution < 1.29 is 4.79 Å². The summed E-state index contributed by atoms with van der Waals surface area (Å²) in [5.41, 5.74) is 4.43. The fourth-order valence-electron chi connectivity index (χ4n) is 2.90. The summed E-state index contributed by atoms with van der Waals surface area (Å²) in [6.07, 6.45) is 3.45. The third-order valence-corrected chi connectivity index (χ3v) is 4.25. The molecule has 5 heteroatoms. The lowest BCUT2D eigenvalue weighted by atomic mass is 10.0. The average molecular weight is 370 g/mol. The Balaban J connectivity index is 2.15. The Morgan fingerprint density at radius 3 is 2.46 bits per heavy atom. The molecule has 0 saturated carbocycles. The predicted molar refractivity (Wildman–Crippen MR) is 111 cm³/mol. The van der Waals surface area contributed by atoms with Gasteiger partial charge >= 0.3 is 0 Å². The summed E-state index contributed by atoms with van der Waals surface area (Å²) < 4.78 is 1.77. The molecule has 0 atom stereocenters. The molecule has 1 amide bonds. The van der Waals surface area contributed by atoms with Crippen molar-refractivity contribution in [2.45, 2.75) is 26.8 Å². The number of carbonyl (C=O) groups excluding carboxylic acids is 1. The van der Waals surface area contributed by atoms with Crippen molar-refractivity contribution >= 4 is 12.0 Å². The van der Waals surface area contributed by atoms with Crippen LogP contribution in [0.1, 0.15) is 25.0 Å². The first-order chi connectivity index (χ1) is 13.5. The molecule has 0 unspecified atom stereocenters. The average Bonchev–Trinajstić information content (AvgIpc) is 3.10. The Morgan fingerprint density at radius 1 is 1.14 bits per heavy atom. The first-order valence-electron chi connectivity index (χ1n) is 9.13. The van der Waals surface area contributed by atoms with E-state index in [1.165, 1.54) is 0 Å². The minimum absolute atomic E-state index is 0.0490. The van der Waals surface area contributed by atoms with E-state index >= 15 is 0 Å². The van der Waals surface area contributed by atoms with Gasteiger partial charge in [0.25, 0.3) is 5.91 Å². The molecule has 2 aromatic carbocycles. The SMILES string of the molecule is Cc1ccccc1-c1nn(-c2ccccc2)cc1/C=C(\C#N)C(=O)NC(C)C. The van der Waals surface area contributed by atoms with Crippen LogP contribution in [0, 0.1) is 18.3 Å². The van der Waals surface area contributed by atoms with Crippen LogP contribution in [-0.4, -0.2) is 21.7 Å². The van der Waals surface area contributed by atoms with Crippen LogP contribution in [0.5, 0.6) is 0 Å². The topological polar surface area (TPSA) is 70.7 Å². The van der Waals surface area contributed by atoms with Gasteiger partial charge in [-0.25, -0.2) is 4.68 Å². The van der Waals surface area contributed by atoms with E-state index in [0.29, 0.717) is 5.56 Å².